The van der Waals surface area contributed by atoms with E-state index in [0.717, 1.165) is 30.6 Å². The van der Waals surface area contributed by atoms with Gasteiger partial charge in [0, 0.05) is 43.6 Å². The number of carbonyl (C=O) groups is 2. The standard InChI is InChI=1S/C24H20Cl2F4N6O4/c25-14-2-1-11(3-15(14)26)24(29,30)21(32)40-18(31)13-7-35(20(39)16-5-33-6-17(37)34-16)8-22(13)9-36(10-22)19(38)12-4-23(12,27)28/h1-3,5-6,12-13,31-32H,4,7-10H2,(H,34,37)/t12-,13?/m1/s1. The highest BCUT2D eigenvalue weighted by atomic mass is 35.5. The topological polar surface area (TPSA) is 143 Å². The van der Waals surface area contributed by atoms with Gasteiger partial charge in [0.15, 0.2) is 5.90 Å². The van der Waals surface area contributed by atoms with Crippen LogP contribution in [0.4, 0.5) is 17.6 Å². The van der Waals surface area contributed by atoms with Crippen molar-refractivity contribution in [3.05, 3.63) is 62.2 Å². The van der Waals surface area contributed by atoms with Crippen LogP contribution in [0.2, 0.25) is 10.0 Å². The first-order valence-corrected chi connectivity index (χ1v) is 12.6. The molecule has 1 aromatic heterocycles. The third kappa shape index (κ3) is 4.83. The Hall–Kier alpha value is -3.52. The molecular formula is C24H20Cl2F4N6O4. The van der Waals surface area contributed by atoms with Crippen LogP contribution in [-0.2, 0) is 15.5 Å². The van der Waals surface area contributed by atoms with Crippen LogP contribution >= 0.6 is 23.2 Å². The molecule has 3 aliphatic rings. The number of H-pyrrole nitrogens is 1. The molecule has 10 nitrogen and oxygen atoms in total. The van der Waals surface area contributed by atoms with Crippen molar-refractivity contribution in [1.29, 1.82) is 10.8 Å². The van der Waals surface area contributed by atoms with Crippen molar-refractivity contribution in [2.75, 3.05) is 26.2 Å². The van der Waals surface area contributed by atoms with Gasteiger partial charge in [-0.3, -0.25) is 30.2 Å². The number of halogens is 6. The number of carbonyl (C=O) groups excluding carboxylic acids is 2. The number of nitrogens with zero attached hydrogens (tertiary/aromatic N) is 3. The minimum atomic E-state index is -4.00. The normalized spacial score (nSPS) is 22.6. The fourth-order valence-corrected chi connectivity index (χ4v) is 5.40. The number of hydrogen-bond acceptors (Lipinski definition) is 7. The molecule has 16 heteroatoms. The first kappa shape index (κ1) is 28.0. The summed E-state index contributed by atoms with van der Waals surface area (Å²) in [4.78, 5) is 45.6. The molecule has 212 valence electrons. The Kier molecular flexibility index (Phi) is 6.69. The van der Waals surface area contributed by atoms with Crippen LogP contribution in [0.1, 0.15) is 22.5 Å². The van der Waals surface area contributed by atoms with Crippen LogP contribution in [0.5, 0.6) is 0 Å². The van der Waals surface area contributed by atoms with Crippen LogP contribution in [0.15, 0.2) is 35.4 Å². The summed E-state index contributed by atoms with van der Waals surface area (Å²) in [6.07, 6.45) is 1.50. The van der Waals surface area contributed by atoms with Crippen LogP contribution in [0.3, 0.4) is 0 Å². The molecule has 3 fully saturated rings. The number of likely N-dealkylation sites (tertiary alicyclic amines) is 2. The SMILES string of the molecule is N=C(OC(=N)C(F)(F)c1ccc(Cl)c(Cl)c1)C1CN(C(=O)c2cncc(=O)[nH]2)CC12CN(C(=O)[C@H]1CC1(F)F)C2. The zero-order chi connectivity index (χ0) is 29.2. The molecule has 1 unspecified atom stereocenters. The summed E-state index contributed by atoms with van der Waals surface area (Å²) in [5, 5.41) is 16.2. The zero-order valence-corrected chi connectivity index (χ0v) is 21.8. The van der Waals surface area contributed by atoms with E-state index in [1.165, 1.54) is 9.80 Å². The molecule has 1 spiro atoms. The van der Waals surface area contributed by atoms with Crippen molar-refractivity contribution in [2.24, 2.45) is 17.3 Å². The number of benzene rings is 1. The summed E-state index contributed by atoms with van der Waals surface area (Å²) < 4.78 is 62.0. The number of amides is 2. The van der Waals surface area contributed by atoms with Crippen LogP contribution in [-0.4, -0.2) is 75.5 Å². The minimum Gasteiger partial charge on any atom is -0.423 e. The van der Waals surface area contributed by atoms with E-state index in [2.05, 4.69) is 9.97 Å². The number of aromatic nitrogens is 2. The van der Waals surface area contributed by atoms with E-state index < -0.39 is 70.2 Å². The quantitative estimate of drug-likeness (QED) is 0.273. The maximum absolute atomic E-state index is 15.0. The molecule has 3 heterocycles. The number of ether oxygens (including phenoxy) is 1. The van der Waals surface area contributed by atoms with Crippen molar-refractivity contribution in [3.63, 3.8) is 0 Å². The van der Waals surface area contributed by atoms with Gasteiger partial charge in [-0.05, 0) is 12.1 Å². The number of aromatic amines is 1. The summed E-state index contributed by atoms with van der Waals surface area (Å²) in [6.45, 7) is -0.625. The second-order valence-corrected chi connectivity index (χ2v) is 10.9. The lowest BCUT2D eigenvalue weighted by Gasteiger charge is -2.50. The van der Waals surface area contributed by atoms with Gasteiger partial charge < -0.3 is 19.5 Å². The van der Waals surface area contributed by atoms with Crippen LogP contribution in [0.25, 0.3) is 0 Å². The highest BCUT2D eigenvalue weighted by Gasteiger charge is 2.66. The van der Waals surface area contributed by atoms with Gasteiger partial charge in [0.1, 0.15) is 11.6 Å². The fourth-order valence-electron chi connectivity index (χ4n) is 5.10. The van der Waals surface area contributed by atoms with Crippen molar-refractivity contribution < 1.29 is 31.9 Å². The lowest BCUT2D eigenvalue weighted by molar-refractivity contribution is -0.147. The molecule has 2 saturated heterocycles. The predicted octanol–water partition coefficient (Wildman–Crippen LogP) is 3.40. The molecule has 2 amide bonds. The van der Waals surface area contributed by atoms with Gasteiger partial charge in [0.2, 0.25) is 5.91 Å². The average molecular weight is 603 g/mol. The van der Waals surface area contributed by atoms with Crippen LogP contribution < -0.4 is 5.56 Å². The first-order chi connectivity index (χ1) is 18.6. The Labute approximate surface area is 233 Å². The van der Waals surface area contributed by atoms with Crippen molar-refractivity contribution >= 4 is 46.8 Å². The summed E-state index contributed by atoms with van der Waals surface area (Å²) in [7, 11) is 0. The summed E-state index contributed by atoms with van der Waals surface area (Å²) in [5.41, 5.74) is -2.60. The Bertz CT molecular complexity index is 1500. The fraction of sp³-hybridized carbons (Fsp3) is 0.417. The number of hydrogen-bond donors (Lipinski definition) is 3. The van der Waals surface area contributed by atoms with E-state index in [-0.39, 0.29) is 41.9 Å². The maximum atomic E-state index is 15.0. The van der Waals surface area contributed by atoms with E-state index in [1.807, 2.05) is 0 Å². The maximum Gasteiger partial charge on any atom is 0.347 e. The van der Waals surface area contributed by atoms with E-state index >= 15 is 8.78 Å². The van der Waals surface area contributed by atoms with Gasteiger partial charge in [0.05, 0.1) is 28.4 Å². The molecule has 2 aromatic rings. The Morgan fingerprint density at radius 3 is 2.33 bits per heavy atom. The molecule has 2 aliphatic heterocycles. The molecular weight excluding hydrogens is 583 g/mol. The third-order valence-electron chi connectivity index (χ3n) is 7.36. The van der Waals surface area contributed by atoms with E-state index in [1.54, 1.807) is 0 Å². The minimum absolute atomic E-state index is 0.0158. The Morgan fingerprint density at radius 1 is 1.07 bits per heavy atom. The van der Waals surface area contributed by atoms with E-state index in [9.17, 15) is 23.2 Å². The first-order valence-electron chi connectivity index (χ1n) is 11.8. The van der Waals surface area contributed by atoms with Crippen molar-refractivity contribution in [3.8, 4) is 0 Å². The molecule has 1 aromatic carbocycles. The van der Waals surface area contributed by atoms with Crippen molar-refractivity contribution in [2.45, 2.75) is 18.3 Å². The molecule has 3 N–H and O–H groups in total. The second-order valence-electron chi connectivity index (χ2n) is 10.1. The summed E-state index contributed by atoms with van der Waals surface area (Å²) >= 11 is 11.6. The Morgan fingerprint density at radius 2 is 1.73 bits per heavy atom. The smallest absolute Gasteiger partial charge is 0.347 e. The average Bonchev–Trinajstić information content (AvgIpc) is 3.32. The molecule has 2 atom stereocenters. The molecule has 1 saturated carbocycles. The summed E-state index contributed by atoms with van der Waals surface area (Å²) in [5.74, 6) is -13.4. The molecule has 40 heavy (non-hydrogen) atoms. The highest BCUT2D eigenvalue weighted by molar-refractivity contribution is 6.42. The second kappa shape index (κ2) is 9.54. The van der Waals surface area contributed by atoms with Gasteiger partial charge in [-0.25, -0.2) is 8.78 Å². The zero-order valence-electron chi connectivity index (χ0n) is 20.3. The summed E-state index contributed by atoms with van der Waals surface area (Å²) in [6, 6.07) is 2.93. The predicted molar refractivity (Wildman–Crippen MR) is 133 cm³/mol. The lowest BCUT2D eigenvalue weighted by Crippen LogP contribution is -2.64. The monoisotopic (exact) mass is 602 g/mol. The van der Waals surface area contributed by atoms with Gasteiger partial charge in [-0.2, -0.15) is 8.78 Å². The highest BCUT2D eigenvalue weighted by Crippen LogP contribution is 2.52. The van der Waals surface area contributed by atoms with E-state index in [4.69, 9.17) is 38.8 Å². The number of alkyl halides is 4. The Balaban J connectivity index is 1.36. The molecule has 0 bridgehead atoms. The van der Waals surface area contributed by atoms with E-state index in [0.29, 0.717) is 0 Å². The largest absolute Gasteiger partial charge is 0.423 e. The van der Waals surface area contributed by atoms with Gasteiger partial charge in [0.25, 0.3) is 23.3 Å². The number of rotatable bonds is 5. The van der Waals surface area contributed by atoms with Crippen LogP contribution in [0, 0.1) is 28.1 Å². The van der Waals surface area contributed by atoms with Gasteiger partial charge >= 0.3 is 5.92 Å². The third-order valence-corrected chi connectivity index (χ3v) is 8.10. The molecule has 0 radical (unpaired) electrons. The lowest BCUT2D eigenvalue weighted by atomic mass is 9.71. The van der Waals surface area contributed by atoms with Gasteiger partial charge in [-0.15, -0.1) is 0 Å². The van der Waals surface area contributed by atoms with Crippen molar-refractivity contribution in [1.82, 2.24) is 19.8 Å². The molecule has 1 aliphatic carbocycles. The number of nitrogens with one attached hydrogen (secondary N) is 3. The van der Waals surface area contributed by atoms with Gasteiger partial charge in [-0.1, -0.05) is 29.3 Å². The molecule has 5 rings (SSSR count).